The van der Waals surface area contributed by atoms with Crippen molar-refractivity contribution in [3.8, 4) is 5.75 Å². The number of hydrogen-bond acceptors (Lipinski definition) is 4. The van der Waals surface area contributed by atoms with Crippen LogP contribution in [0.1, 0.15) is 42.8 Å². The summed E-state index contributed by atoms with van der Waals surface area (Å²) in [6.07, 6.45) is 2.08. The molecule has 6 nitrogen and oxygen atoms in total. The van der Waals surface area contributed by atoms with Gasteiger partial charge in [-0.25, -0.2) is 4.99 Å². The van der Waals surface area contributed by atoms with E-state index in [1.165, 1.54) is 0 Å². The first-order valence-corrected chi connectivity index (χ1v) is 8.70. The summed E-state index contributed by atoms with van der Waals surface area (Å²) in [5.41, 5.74) is 4.47. The van der Waals surface area contributed by atoms with Gasteiger partial charge in [-0.1, -0.05) is 25.0 Å². The maximum atomic E-state index is 12.4. The first-order chi connectivity index (χ1) is 12.0. The number of fused-ring (bicyclic) bond motifs is 1. The molecule has 25 heavy (non-hydrogen) atoms. The second-order valence-electron chi connectivity index (χ2n) is 6.23. The van der Waals surface area contributed by atoms with Crippen molar-refractivity contribution in [2.45, 2.75) is 40.0 Å². The van der Waals surface area contributed by atoms with E-state index >= 15 is 0 Å². The Labute approximate surface area is 147 Å². The number of nitrogens with zero attached hydrogens (tertiary/aromatic N) is 3. The Hall–Kier alpha value is -2.63. The minimum atomic E-state index is -0.0903. The smallest absolute Gasteiger partial charge is 0.231 e. The van der Waals surface area contributed by atoms with E-state index in [0.717, 1.165) is 46.8 Å². The molecule has 0 atom stereocenters. The van der Waals surface area contributed by atoms with Gasteiger partial charge in [-0.2, -0.15) is 5.10 Å². The van der Waals surface area contributed by atoms with Gasteiger partial charge >= 0.3 is 0 Å². The van der Waals surface area contributed by atoms with E-state index in [-0.39, 0.29) is 12.3 Å². The monoisotopic (exact) mass is 340 g/mol. The van der Waals surface area contributed by atoms with Crippen LogP contribution >= 0.6 is 0 Å². The lowest BCUT2D eigenvalue weighted by Gasteiger charge is -2.13. The number of rotatable bonds is 5. The molecule has 0 radical (unpaired) electrons. The van der Waals surface area contributed by atoms with Crippen LogP contribution in [0.25, 0.3) is 0 Å². The molecule has 2 heterocycles. The topological polar surface area (TPSA) is 68.5 Å². The van der Waals surface area contributed by atoms with Crippen LogP contribution in [-0.4, -0.2) is 28.1 Å². The second-order valence-corrected chi connectivity index (χ2v) is 6.23. The van der Waals surface area contributed by atoms with Gasteiger partial charge in [0.2, 0.25) is 5.91 Å². The number of ether oxygens (including phenoxy) is 1. The zero-order valence-corrected chi connectivity index (χ0v) is 15.2. The summed E-state index contributed by atoms with van der Waals surface area (Å²) >= 11 is 0. The highest BCUT2D eigenvalue weighted by Gasteiger charge is 2.24. The molecule has 0 spiro atoms. The van der Waals surface area contributed by atoms with Crippen LogP contribution in [0.2, 0.25) is 0 Å². The number of hydrogen-bond donors (Lipinski definition) is 1. The summed E-state index contributed by atoms with van der Waals surface area (Å²) in [4.78, 5) is 17.2. The number of benzene rings is 1. The largest absolute Gasteiger partial charge is 0.493 e. The predicted octanol–water partition coefficient (Wildman–Crippen LogP) is 2.83. The fourth-order valence-corrected chi connectivity index (χ4v) is 3.05. The van der Waals surface area contributed by atoms with Crippen molar-refractivity contribution in [2.75, 3.05) is 6.61 Å². The molecule has 0 saturated heterocycles. The van der Waals surface area contributed by atoms with Crippen molar-refractivity contribution in [1.82, 2.24) is 15.1 Å². The van der Waals surface area contributed by atoms with Gasteiger partial charge in [0.25, 0.3) is 0 Å². The van der Waals surface area contributed by atoms with Gasteiger partial charge < -0.3 is 10.1 Å². The summed E-state index contributed by atoms with van der Waals surface area (Å²) < 4.78 is 7.51. The Morgan fingerprint density at radius 3 is 2.84 bits per heavy atom. The van der Waals surface area contributed by atoms with Gasteiger partial charge in [0.15, 0.2) is 0 Å². The average molecular weight is 340 g/mol. The Morgan fingerprint density at radius 1 is 1.32 bits per heavy atom. The van der Waals surface area contributed by atoms with Crippen molar-refractivity contribution in [3.05, 3.63) is 40.7 Å². The quantitative estimate of drug-likeness (QED) is 0.910. The lowest BCUT2D eigenvalue weighted by molar-refractivity contribution is -0.119. The molecular weight excluding hydrogens is 316 g/mol. The van der Waals surface area contributed by atoms with Crippen LogP contribution in [0.5, 0.6) is 5.75 Å². The van der Waals surface area contributed by atoms with Crippen molar-refractivity contribution in [1.29, 1.82) is 0 Å². The number of nitrogens with one attached hydrogen (secondary N) is 1. The Balaban J connectivity index is 2.16. The van der Waals surface area contributed by atoms with Crippen molar-refractivity contribution < 1.29 is 9.53 Å². The van der Waals surface area contributed by atoms with E-state index in [2.05, 4.69) is 17.3 Å². The number of aliphatic imine (C=N–C) groups is 1. The van der Waals surface area contributed by atoms with E-state index in [1.807, 2.05) is 39.1 Å². The fraction of sp³-hybridized carbons (Fsp3) is 0.421. The maximum absolute atomic E-state index is 12.4. The number of carbonyl (C=O) groups excluding carboxylic acids is 1. The highest BCUT2D eigenvalue weighted by molar-refractivity contribution is 6.12. The molecule has 1 aromatic carbocycles. The van der Waals surface area contributed by atoms with Crippen LogP contribution in [0, 0.1) is 6.92 Å². The third kappa shape index (κ3) is 3.43. The summed E-state index contributed by atoms with van der Waals surface area (Å²) in [6, 6.07) is 5.90. The predicted molar refractivity (Wildman–Crippen MR) is 97.6 cm³/mol. The molecule has 6 heteroatoms. The maximum Gasteiger partial charge on any atom is 0.231 e. The molecule has 1 aliphatic rings. The van der Waals surface area contributed by atoms with E-state index in [1.54, 1.807) is 4.68 Å². The lowest BCUT2D eigenvalue weighted by atomic mass is 10.1. The first-order valence-electron chi connectivity index (χ1n) is 8.70. The summed E-state index contributed by atoms with van der Waals surface area (Å²) in [7, 11) is 1.87. The highest BCUT2D eigenvalue weighted by Crippen LogP contribution is 2.30. The minimum absolute atomic E-state index is 0.0903. The molecule has 0 bridgehead atoms. The summed E-state index contributed by atoms with van der Waals surface area (Å²) in [5, 5.41) is 7.50. The molecule has 2 aromatic rings. The number of carbonyl (C=O) groups is 1. The normalized spacial score (nSPS) is 13.8. The Morgan fingerprint density at radius 2 is 2.12 bits per heavy atom. The zero-order chi connectivity index (χ0) is 18.0. The Kier molecular flexibility index (Phi) is 4.88. The van der Waals surface area contributed by atoms with E-state index in [4.69, 9.17) is 9.73 Å². The molecule has 0 unspecified atom stereocenters. The van der Waals surface area contributed by atoms with Crippen LogP contribution in [0.3, 0.4) is 0 Å². The van der Waals surface area contributed by atoms with Gasteiger partial charge in [0.05, 0.1) is 30.0 Å². The van der Waals surface area contributed by atoms with Crippen molar-refractivity contribution in [3.63, 3.8) is 0 Å². The van der Waals surface area contributed by atoms with E-state index in [9.17, 15) is 4.79 Å². The minimum Gasteiger partial charge on any atom is -0.493 e. The molecular formula is C19H24N4O2. The zero-order valence-electron chi connectivity index (χ0n) is 15.2. The first kappa shape index (κ1) is 17.2. The van der Waals surface area contributed by atoms with Crippen LogP contribution in [0.15, 0.2) is 23.2 Å². The molecule has 0 fully saturated rings. The SMILES string of the molecule is CCCc1nn(C)c2c1N=C(c1cc(C)ccc1OCC)NC(=O)C2. The number of amidine groups is 1. The molecule has 3 rings (SSSR count). The van der Waals surface area contributed by atoms with E-state index in [0.29, 0.717) is 12.4 Å². The van der Waals surface area contributed by atoms with Gasteiger partial charge in [-0.3, -0.25) is 9.48 Å². The highest BCUT2D eigenvalue weighted by atomic mass is 16.5. The third-order valence-electron chi connectivity index (χ3n) is 4.19. The third-order valence-corrected chi connectivity index (χ3v) is 4.19. The average Bonchev–Trinajstić information content (AvgIpc) is 2.75. The van der Waals surface area contributed by atoms with Gasteiger partial charge in [-0.05, 0) is 32.4 Å². The van der Waals surface area contributed by atoms with Crippen molar-refractivity contribution >= 4 is 17.4 Å². The molecule has 0 aliphatic carbocycles. The van der Waals surface area contributed by atoms with Gasteiger partial charge in [0, 0.05) is 7.05 Å². The second kappa shape index (κ2) is 7.09. The fourth-order valence-electron chi connectivity index (χ4n) is 3.05. The van der Waals surface area contributed by atoms with E-state index < -0.39 is 0 Å². The lowest BCUT2D eigenvalue weighted by Crippen LogP contribution is -2.32. The molecule has 1 aliphatic heterocycles. The molecule has 132 valence electrons. The van der Waals surface area contributed by atoms with Crippen molar-refractivity contribution in [2.24, 2.45) is 12.0 Å². The number of aromatic nitrogens is 2. The number of aryl methyl sites for hydroxylation is 3. The van der Waals surface area contributed by atoms with Crippen LogP contribution < -0.4 is 10.1 Å². The van der Waals surface area contributed by atoms with Gasteiger partial charge in [-0.15, -0.1) is 0 Å². The van der Waals surface area contributed by atoms with Gasteiger partial charge in [0.1, 0.15) is 17.3 Å². The Bertz CT molecular complexity index is 836. The summed E-state index contributed by atoms with van der Waals surface area (Å²) in [5.74, 6) is 1.16. The summed E-state index contributed by atoms with van der Waals surface area (Å²) in [6.45, 7) is 6.61. The standard InChI is InChI=1S/C19H24N4O2/c1-5-7-14-18-15(23(4)22-14)11-17(24)20-19(21-18)13-10-12(3)8-9-16(13)25-6-2/h8-10H,5-7,11H2,1-4H3,(H,20,21,24). The number of amides is 1. The van der Waals surface area contributed by atoms with Crippen LogP contribution in [0.4, 0.5) is 5.69 Å². The molecule has 1 aromatic heterocycles. The van der Waals surface area contributed by atoms with Crippen LogP contribution in [-0.2, 0) is 24.7 Å². The molecule has 1 N–H and O–H groups in total. The molecule has 1 amide bonds. The molecule has 0 saturated carbocycles.